The lowest BCUT2D eigenvalue weighted by Gasteiger charge is -2.18. The molecule has 0 radical (unpaired) electrons. The van der Waals surface area contributed by atoms with Crippen LogP contribution in [-0.2, 0) is 23.1 Å². The van der Waals surface area contributed by atoms with Crippen molar-refractivity contribution >= 4 is 21.4 Å². The van der Waals surface area contributed by atoms with Crippen molar-refractivity contribution < 1.29 is 12.8 Å². The summed E-state index contributed by atoms with van der Waals surface area (Å²) in [5.41, 5.74) is 0. The molecule has 110 valence electrons. The highest BCUT2D eigenvalue weighted by Crippen LogP contribution is 2.24. The monoisotopic (exact) mass is 314 g/mol. The predicted molar refractivity (Wildman–Crippen MR) is 79.1 cm³/mol. The number of nitrogens with zero attached hydrogens (tertiary/aromatic N) is 1. The van der Waals surface area contributed by atoms with Crippen LogP contribution in [0.3, 0.4) is 0 Å². The quantitative estimate of drug-likeness (QED) is 0.851. The number of hydrogen-bond donors (Lipinski definition) is 1. The summed E-state index contributed by atoms with van der Waals surface area (Å²) in [5.74, 6) is 0.640. The van der Waals surface area contributed by atoms with Crippen molar-refractivity contribution in [2.24, 2.45) is 0 Å². The molecule has 0 aliphatic carbocycles. The average molecular weight is 314 g/mol. The Morgan fingerprint density at radius 1 is 1.45 bits per heavy atom. The molecule has 0 unspecified atom stereocenters. The number of nitrogens with one attached hydrogen (secondary N) is 1. The van der Waals surface area contributed by atoms with Crippen molar-refractivity contribution in [2.45, 2.75) is 24.9 Å². The van der Waals surface area contributed by atoms with E-state index < -0.39 is 10.0 Å². The molecule has 7 heteroatoms. The molecule has 2 heterocycles. The molecule has 0 aliphatic rings. The van der Waals surface area contributed by atoms with Gasteiger partial charge < -0.3 is 9.73 Å². The summed E-state index contributed by atoms with van der Waals surface area (Å²) in [6.45, 7) is 3.15. The maximum absolute atomic E-state index is 12.6. The topological polar surface area (TPSA) is 62.6 Å². The van der Waals surface area contributed by atoms with Gasteiger partial charge in [-0.25, -0.2) is 8.42 Å². The van der Waals surface area contributed by atoms with Gasteiger partial charge in [-0.1, -0.05) is 6.92 Å². The minimum atomic E-state index is -3.47. The molecule has 2 aromatic heterocycles. The van der Waals surface area contributed by atoms with Crippen molar-refractivity contribution in [3.63, 3.8) is 0 Å². The first kappa shape index (κ1) is 15.2. The molecule has 0 atom stereocenters. The summed E-state index contributed by atoms with van der Waals surface area (Å²) in [7, 11) is -1.63. The van der Waals surface area contributed by atoms with Crippen molar-refractivity contribution in [3.8, 4) is 0 Å². The molecule has 0 saturated carbocycles. The maximum atomic E-state index is 12.6. The van der Waals surface area contributed by atoms with Crippen LogP contribution in [0.4, 0.5) is 0 Å². The highest BCUT2D eigenvalue weighted by atomic mass is 32.2. The lowest BCUT2D eigenvalue weighted by molar-refractivity contribution is 0.375. The lowest BCUT2D eigenvalue weighted by Crippen LogP contribution is -2.30. The summed E-state index contributed by atoms with van der Waals surface area (Å²) in [6, 6.07) is 5.25. The van der Waals surface area contributed by atoms with Gasteiger partial charge in [-0.05, 0) is 25.2 Å². The van der Waals surface area contributed by atoms with Crippen molar-refractivity contribution in [1.29, 1.82) is 0 Å². The second kappa shape index (κ2) is 6.53. The van der Waals surface area contributed by atoms with E-state index in [1.807, 2.05) is 14.0 Å². The Morgan fingerprint density at radius 2 is 2.25 bits per heavy atom. The van der Waals surface area contributed by atoms with Crippen LogP contribution in [0.2, 0.25) is 0 Å². The van der Waals surface area contributed by atoms with Gasteiger partial charge >= 0.3 is 0 Å². The van der Waals surface area contributed by atoms with Crippen LogP contribution >= 0.6 is 11.3 Å². The number of thiophene rings is 1. The Labute approximate surface area is 123 Å². The smallest absolute Gasteiger partial charge is 0.244 e. The zero-order chi connectivity index (χ0) is 14.6. The summed E-state index contributed by atoms with van der Waals surface area (Å²) in [5, 5.41) is 4.70. The minimum Gasteiger partial charge on any atom is -0.468 e. The second-order valence-corrected chi connectivity index (χ2v) is 7.22. The molecule has 2 aromatic rings. The Hall–Kier alpha value is -1.15. The molecular formula is C13H18N2O3S2. The summed E-state index contributed by atoms with van der Waals surface area (Å²) in [6.07, 6.45) is 1.55. The van der Waals surface area contributed by atoms with E-state index >= 15 is 0 Å². The van der Waals surface area contributed by atoms with Gasteiger partial charge in [0.15, 0.2) is 0 Å². The highest BCUT2D eigenvalue weighted by molar-refractivity contribution is 7.89. The van der Waals surface area contributed by atoms with Crippen molar-refractivity contribution in [1.82, 2.24) is 9.62 Å². The summed E-state index contributed by atoms with van der Waals surface area (Å²) in [4.78, 5) is 1.35. The van der Waals surface area contributed by atoms with Gasteiger partial charge in [0, 0.05) is 23.3 Å². The molecule has 0 saturated heterocycles. The normalized spacial score (nSPS) is 12.2. The van der Waals surface area contributed by atoms with Crippen molar-refractivity contribution in [3.05, 3.63) is 40.5 Å². The molecule has 0 aromatic carbocycles. The predicted octanol–water partition coefficient (Wildman–Crippen LogP) is 2.27. The Bertz CT molecular complexity index is 632. The van der Waals surface area contributed by atoms with Crippen LogP contribution in [0.15, 0.2) is 39.2 Å². The number of sulfonamides is 1. The third-order valence-electron chi connectivity index (χ3n) is 2.88. The molecular weight excluding hydrogens is 296 g/mol. The summed E-state index contributed by atoms with van der Waals surface area (Å²) >= 11 is 1.45. The zero-order valence-electron chi connectivity index (χ0n) is 11.5. The second-order valence-electron chi connectivity index (χ2n) is 4.29. The van der Waals surface area contributed by atoms with Crippen LogP contribution in [0.5, 0.6) is 0 Å². The molecule has 0 bridgehead atoms. The Balaban J connectivity index is 2.21. The zero-order valence-corrected chi connectivity index (χ0v) is 13.1. The molecule has 0 spiro atoms. The van der Waals surface area contributed by atoms with Gasteiger partial charge in [0.1, 0.15) is 5.76 Å². The van der Waals surface area contributed by atoms with Gasteiger partial charge in [-0.15, -0.1) is 11.3 Å². The van der Waals surface area contributed by atoms with E-state index in [1.165, 1.54) is 15.6 Å². The largest absolute Gasteiger partial charge is 0.468 e. The van der Waals surface area contributed by atoms with Crippen LogP contribution in [-0.4, -0.2) is 26.3 Å². The van der Waals surface area contributed by atoms with Gasteiger partial charge in [-0.3, -0.25) is 0 Å². The van der Waals surface area contributed by atoms with E-state index in [4.69, 9.17) is 4.42 Å². The number of rotatable bonds is 7. The first-order valence-corrected chi connectivity index (χ1v) is 8.64. The first-order chi connectivity index (χ1) is 9.57. The fourth-order valence-corrected chi connectivity index (χ4v) is 4.54. The van der Waals surface area contributed by atoms with Crippen molar-refractivity contribution in [2.75, 3.05) is 13.6 Å². The summed E-state index contributed by atoms with van der Waals surface area (Å²) < 4.78 is 31.8. The molecule has 5 nitrogen and oxygen atoms in total. The molecule has 0 amide bonds. The van der Waals surface area contributed by atoms with Gasteiger partial charge in [0.25, 0.3) is 0 Å². The van der Waals surface area contributed by atoms with Gasteiger partial charge in [0.2, 0.25) is 10.0 Å². The molecule has 0 fully saturated rings. The first-order valence-electron chi connectivity index (χ1n) is 6.32. The van der Waals surface area contributed by atoms with E-state index in [9.17, 15) is 8.42 Å². The van der Waals surface area contributed by atoms with Crippen LogP contribution < -0.4 is 5.32 Å². The fourth-order valence-electron chi connectivity index (χ4n) is 1.85. The molecule has 0 aliphatic heterocycles. The lowest BCUT2D eigenvalue weighted by atomic mass is 10.4. The van der Waals surface area contributed by atoms with Gasteiger partial charge in [-0.2, -0.15) is 4.31 Å². The number of furan rings is 1. The van der Waals surface area contributed by atoms with Crippen LogP contribution in [0, 0.1) is 0 Å². The van der Waals surface area contributed by atoms with E-state index in [0.717, 1.165) is 4.88 Å². The van der Waals surface area contributed by atoms with E-state index in [1.54, 1.807) is 29.8 Å². The third-order valence-corrected chi connectivity index (χ3v) is 5.87. The fraction of sp³-hybridized carbons (Fsp3) is 0.385. The van der Waals surface area contributed by atoms with E-state index in [2.05, 4.69) is 5.32 Å². The van der Waals surface area contributed by atoms with E-state index in [0.29, 0.717) is 23.7 Å². The minimum absolute atomic E-state index is 0.253. The highest BCUT2D eigenvalue weighted by Gasteiger charge is 2.25. The Morgan fingerprint density at radius 3 is 2.85 bits per heavy atom. The molecule has 1 N–H and O–H groups in total. The van der Waals surface area contributed by atoms with Crippen LogP contribution in [0.25, 0.3) is 0 Å². The number of hydrogen-bond acceptors (Lipinski definition) is 5. The standard InChI is InChI=1S/C13H18N2O3S2/c1-3-15(9-11-5-4-6-18-11)20(16,17)13-7-12(8-14-2)19-10-13/h4-7,10,14H,3,8-9H2,1-2H3. The van der Waals surface area contributed by atoms with Crippen LogP contribution in [0.1, 0.15) is 17.6 Å². The van der Waals surface area contributed by atoms with E-state index in [-0.39, 0.29) is 6.54 Å². The third kappa shape index (κ3) is 3.29. The molecule has 2 rings (SSSR count). The molecule has 20 heavy (non-hydrogen) atoms. The maximum Gasteiger partial charge on any atom is 0.244 e. The SMILES string of the molecule is CCN(Cc1ccco1)S(=O)(=O)c1csc(CNC)c1. The van der Waals surface area contributed by atoms with Gasteiger partial charge in [0.05, 0.1) is 17.7 Å². The Kier molecular flexibility index (Phi) is 4.98. The average Bonchev–Trinajstić information content (AvgIpc) is 3.07.